The van der Waals surface area contributed by atoms with Gasteiger partial charge in [-0.2, -0.15) is 23.3 Å². The van der Waals surface area contributed by atoms with Crippen LogP contribution in [0.2, 0.25) is 10.0 Å². The van der Waals surface area contributed by atoms with Crippen LogP contribution >= 0.6 is 23.2 Å². The minimum atomic E-state index is -5.15. The standard InChI is InChI=1S/C28H28Cl2F5N3O3/c1-15(2)23(39)37-13-26(32,14-37)17-8-6-16(7-9-17)21-12-27(28(33,34)35,18-10-19(29)22(31)20(30)11-18)38(36-21)24(40)41-25(3,4)5/h6-11,15H,12-14H2,1-5H3. The van der Waals surface area contributed by atoms with Crippen molar-refractivity contribution in [3.05, 3.63) is 69.0 Å². The summed E-state index contributed by atoms with van der Waals surface area (Å²) >= 11 is 11.7. The first-order valence-electron chi connectivity index (χ1n) is 12.7. The van der Waals surface area contributed by atoms with Gasteiger partial charge in [-0.15, -0.1) is 0 Å². The van der Waals surface area contributed by atoms with Gasteiger partial charge >= 0.3 is 12.3 Å². The maximum absolute atomic E-state index is 15.5. The molecule has 222 valence electrons. The third-order valence-corrected chi connectivity index (χ3v) is 7.48. The molecule has 1 unspecified atom stereocenters. The van der Waals surface area contributed by atoms with Crippen LogP contribution in [0, 0.1) is 11.7 Å². The average Bonchev–Trinajstić information content (AvgIpc) is 3.26. The predicted molar refractivity (Wildman–Crippen MR) is 144 cm³/mol. The molecule has 1 saturated heterocycles. The summed E-state index contributed by atoms with van der Waals surface area (Å²) < 4.78 is 80.0. The number of likely N-dealkylation sites (tertiary alicyclic amines) is 1. The number of carbonyl (C=O) groups is 2. The molecule has 2 aliphatic rings. The van der Waals surface area contributed by atoms with Gasteiger partial charge in [0.25, 0.3) is 0 Å². The molecular formula is C28H28Cl2F5N3O3. The summed E-state index contributed by atoms with van der Waals surface area (Å²) in [6.45, 7) is 7.59. The summed E-state index contributed by atoms with van der Waals surface area (Å²) in [5, 5.41) is 2.87. The van der Waals surface area contributed by atoms with Gasteiger partial charge in [0.05, 0.1) is 28.8 Å². The third kappa shape index (κ3) is 5.62. The molecule has 0 aliphatic carbocycles. The lowest BCUT2D eigenvalue weighted by Gasteiger charge is -2.45. The lowest BCUT2D eigenvalue weighted by molar-refractivity contribution is -0.226. The quantitative estimate of drug-likeness (QED) is 0.261. The van der Waals surface area contributed by atoms with E-state index in [9.17, 15) is 14.0 Å². The minimum Gasteiger partial charge on any atom is -0.442 e. The predicted octanol–water partition coefficient (Wildman–Crippen LogP) is 7.60. The first-order valence-corrected chi connectivity index (χ1v) is 13.5. The van der Waals surface area contributed by atoms with E-state index in [1.807, 2.05) is 0 Å². The number of hydrogen-bond acceptors (Lipinski definition) is 4. The zero-order valence-electron chi connectivity index (χ0n) is 22.9. The fraction of sp³-hybridized carbons (Fsp3) is 0.464. The number of ether oxygens (including phenoxy) is 1. The summed E-state index contributed by atoms with van der Waals surface area (Å²) in [4.78, 5) is 26.7. The second kappa shape index (κ2) is 10.4. The van der Waals surface area contributed by atoms with E-state index in [-0.39, 0.29) is 46.8 Å². The third-order valence-electron chi connectivity index (χ3n) is 6.93. The average molecular weight is 620 g/mol. The molecular weight excluding hydrogens is 592 g/mol. The molecule has 0 bridgehead atoms. The number of halogens is 7. The Hall–Kier alpha value is -2.92. The molecule has 0 radical (unpaired) electrons. The second-order valence-electron chi connectivity index (χ2n) is 11.5. The fourth-order valence-electron chi connectivity index (χ4n) is 4.85. The van der Waals surface area contributed by atoms with Gasteiger partial charge < -0.3 is 9.64 Å². The maximum atomic E-state index is 15.5. The largest absolute Gasteiger partial charge is 0.442 e. The topological polar surface area (TPSA) is 62.2 Å². The maximum Gasteiger partial charge on any atom is 0.432 e. The van der Waals surface area contributed by atoms with Crippen molar-refractivity contribution < 1.29 is 36.3 Å². The zero-order chi connectivity index (χ0) is 30.7. The van der Waals surface area contributed by atoms with Crippen LogP contribution in [0.1, 0.15) is 57.7 Å². The first-order chi connectivity index (χ1) is 18.8. The summed E-state index contributed by atoms with van der Waals surface area (Å²) in [7, 11) is 0. The van der Waals surface area contributed by atoms with E-state index in [0.29, 0.717) is 0 Å². The van der Waals surface area contributed by atoms with Gasteiger partial charge in [-0.3, -0.25) is 4.79 Å². The van der Waals surface area contributed by atoms with E-state index in [0.717, 1.165) is 12.1 Å². The molecule has 2 aromatic rings. The molecule has 1 fully saturated rings. The Bertz CT molecular complexity index is 1380. The number of hydrazone groups is 1. The zero-order valence-corrected chi connectivity index (χ0v) is 24.4. The smallest absolute Gasteiger partial charge is 0.432 e. The van der Waals surface area contributed by atoms with Crippen LogP contribution in [0.3, 0.4) is 0 Å². The molecule has 41 heavy (non-hydrogen) atoms. The van der Waals surface area contributed by atoms with Crippen LogP contribution in [0.15, 0.2) is 41.5 Å². The number of rotatable bonds is 4. The monoisotopic (exact) mass is 619 g/mol. The van der Waals surface area contributed by atoms with E-state index in [2.05, 4.69) is 5.10 Å². The molecule has 1 atom stereocenters. The van der Waals surface area contributed by atoms with E-state index in [1.165, 1.54) is 49.9 Å². The lowest BCUT2D eigenvalue weighted by Crippen LogP contribution is -2.59. The molecule has 2 aromatic carbocycles. The van der Waals surface area contributed by atoms with Crippen LogP contribution in [-0.4, -0.2) is 52.5 Å². The Morgan fingerprint density at radius 1 is 1.00 bits per heavy atom. The number of amides is 2. The van der Waals surface area contributed by atoms with Crippen molar-refractivity contribution in [2.45, 2.75) is 64.0 Å². The summed E-state index contributed by atoms with van der Waals surface area (Å²) in [6.07, 6.45) is -7.43. The fourth-order valence-corrected chi connectivity index (χ4v) is 5.33. The molecule has 0 spiro atoms. The molecule has 13 heteroatoms. The number of carbonyl (C=O) groups excluding carboxylic acids is 2. The molecule has 0 aromatic heterocycles. The molecule has 0 N–H and O–H groups in total. The van der Waals surface area contributed by atoms with Crippen LogP contribution in [0.5, 0.6) is 0 Å². The highest BCUT2D eigenvalue weighted by Crippen LogP contribution is 2.52. The summed E-state index contributed by atoms with van der Waals surface area (Å²) in [6, 6.07) is 7.11. The van der Waals surface area contributed by atoms with Crippen LogP contribution in [-0.2, 0) is 20.7 Å². The normalized spacial score (nSPS) is 20.7. The van der Waals surface area contributed by atoms with Crippen LogP contribution in [0.25, 0.3) is 0 Å². The van der Waals surface area contributed by atoms with Gasteiger partial charge in [-0.05, 0) is 49.6 Å². The Labute approximate surface area is 244 Å². The van der Waals surface area contributed by atoms with E-state index in [1.54, 1.807) is 13.8 Å². The van der Waals surface area contributed by atoms with Crippen LogP contribution in [0.4, 0.5) is 26.7 Å². The van der Waals surface area contributed by atoms with Crippen molar-refractivity contribution in [1.29, 1.82) is 0 Å². The molecule has 2 aliphatic heterocycles. The van der Waals surface area contributed by atoms with E-state index in [4.69, 9.17) is 27.9 Å². The van der Waals surface area contributed by atoms with Crippen LogP contribution < -0.4 is 0 Å². The van der Waals surface area contributed by atoms with Gasteiger partial charge in [0.1, 0.15) is 5.60 Å². The van der Waals surface area contributed by atoms with Gasteiger partial charge in [-0.1, -0.05) is 61.3 Å². The number of hydrogen-bond donors (Lipinski definition) is 0. The van der Waals surface area contributed by atoms with Crippen molar-refractivity contribution in [3.63, 3.8) is 0 Å². The van der Waals surface area contributed by atoms with Gasteiger partial charge in [0, 0.05) is 12.3 Å². The van der Waals surface area contributed by atoms with Crippen molar-refractivity contribution >= 4 is 40.9 Å². The second-order valence-corrected chi connectivity index (χ2v) is 12.3. The van der Waals surface area contributed by atoms with E-state index < -0.39 is 56.9 Å². The van der Waals surface area contributed by atoms with Crippen molar-refractivity contribution in [2.75, 3.05) is 13.1 Å². The highest BCUT2D eigenvalue weighted by Gasteiger charge is 2.66. The first kappa shape index (κ1) is 31.0. The van der Waals surface area contributed by atoms with Crippen molar-refractivity contribution in [3.8, 4) is 0 Å². The Morgan fingerprint density at radius 3 is 2.00 bits per heavy atom. The number of benzene rings is 2. The summed E-state index contributed by atoms with van der Waals surface area (Å²) in [5.41, 5.74) is -6.46. The lowest BCUT2D eigenvalue weighted by atomic mass is 9.82. The highest BCUT2D eigenvalue weighted by molar-refractivity contribution is 6.35. The van der Waals surface area contributed by atoms with E-state index >= 15 is 17.6 Å². The number of alkyl halides is 4. The molecule has 2 amide bonds. The van der Waals surface area contributed by atoms with Gasteiger partial charge in [0.2, 0.25) is 5.91 Å². The Kier molecular flexibility index (Phi) is 7.88. The molecule has 4 rings (SSSR count). The highest BCUT2D eigenvalue weighted by atomic mass is 35.5. The van der Waals surface area contributed by atoms with Gasteiger partial charge in [-0.25, -0.2) is 13.6 Å². The molecule has 0 saturated carbocycles. The Morgan fingerprint density at radius 2 is 1.54 bits per heavy atom. The summed E-state index contributed by atoms with van der Waals surface area (Å²) in [5.74, 6) is -1.57. The minimum absolute atomic E-state index is 0.139. The molecule has 2 heterocycles. The number of nitrogens with zero attached hydrogens (tertiary/aromatic N) is 3. The van der Waals surface area contributed by atoms with Gasteiger partial charge in [0.15, 0.2) is 17.0 Å². The SMILES string of the molecule is CC(C)C(=O)N1CC(F)(c2ccc(C3=NN(C(=O)OC(C)(C)C)C(c4cc(Cl)c(F)c(Cl)c4)(C(F)(F)F)C3)cc2)C1. The molecule has 6 nitrogen and oxygen atoms in total. The van der Waals surface area contributed by atoms with Crippen molar-refractivity contribution in [1.82, 2.24) is 9.91 Å². The Balaban J connectivity index is 1.74. The van der Waals surface area contributed by atoms with Crippen molar-refractivity contribution in [2.24, 2.45) is 11.0 Å².